The molecule has 1 saturated carbocycles. The van der Waals surface area contributed by atoms with Gasteiger partial charge in [0.2, 0.25) is 0 Å². The Morgan fingerprint density at radius 2 is 1.84 bits per heavy atom. The number of hydrogen-bond acceptors (Lipinski definition) is 3. The Kier molecular flexibility index (Phi) is 3.69. The van der Waals surface area contributed by atoms with Crippen LogP contribution in [-0.4, -0.2) is 23.5 Å². The van der Waals surface area contributed by atoms with Gasteiger partial charge in [0.15, 0.2) is 5.78 Å². The maximum absolute atomic E-state index is 13.4. The smallest absolute Gasteiger partial charge is 0.257 e. The summed E-state index contributed by atoms with van der Waals surface area (Å²) in [7, 11) is 0. The summed E-state index contributed by atoms with van der Waals surface area (Å²) in [6, 6.07) is 2.21. The van der Waals surface area contributed by atoms with E-state index in [4.69, 9.17) is 0 Å². The predicted molar refractivity (Wildman–Crippen MR) is 61.5 cm³/mol. The van der Waals surface area contributed by atoms with E-state index in [9.17, 15) is 23.2 Å². The third kappa shape index (κ3) is 2.83. The molecule has 1 unspecified atom stereocenters. The van der Waals surface area contributed by atoms with Gasteiger partial charge in [-0.2, -0.15) is 0 Å². The first-order valence-corrected chi connectivity index (χ1v) is 5.78. The molecule has 1 N–H and O–H groups in total. The molecular weight excluding hydrogens is 256 g/mol. The van der Waals surface area contributed by atoms with Crippen LogP contribution < -0.4 is 5.32 Å². The average Bonchev–Trinajstić information content (AvgIpc) is 2.32. The van der Waals surface area contributed by atoms with Crippen LogP contribution >= 0.6 is 0 Å². The molecule has 2 rings (SSSR count). The lowest BCUT2D eigenvalue weighted by Crippen LogP contribution is -2.44. The Hall–Kier alpha value is -2.11. The summed E-state index contributed by atoms with van der Waals surface area (Å²) >= 11 is 0. The summed E-state index contributed by atoms with van der Waals surface area (Å²) < 4.78 is 26.7. The normalized spacial score (nSPS) is 19.4. The minimum atomic E-state index is -0.989. The number of carbonyl (C=O) groups is 3. The van der Waals surface area contributed by atoms with Gasteiger partial charge >= 0.3 is 0 Å². The fraction of sp³-hybridized carbons (Fsp3) is 0.308. The topological polar surface area (TPSA) is 63.2 Å². The lowest BCUT2D eigenvalue weighted by Gasteiger charge is -2.21. The van der Waals surface area contributed by atoms with Crippen molar-refractivity contribution >= 4 is 17.5 Å². The number of halogens is 2. The monoisotopic (exact) mass is 267 g/mol. The predicted octanol–water partition coefficient (Wildman–Crippen LogP) is 1.39. The van der Waals surface area contributed by atoms with Crippen molar-refractivity contribution in [2.24, 2.45) is 0 Å². The van der Waals surface area contributed by atoms with Gasteiger partial charge in [0.1, 0.15) is 23.0 Å². The van der Waals surface area contributed by atoms with Gasteiger partial charge in [0.05, 0.1) is 12.5 Å². The number of nitrogens with one attached hydrogen (secondary N) is 1. The summed E-state index contributed by atoms with van der Waals surface area (Å²) in [5, 5.41) is 2.27. The number of hydrogen-bond donors (Lipinski definition) is 1. The molecule has 19 heavy (non-hydrogen) atoms. The molecule has 0 spiro atoms. The Morgan fingerprint density at radius 3 is 2.42 bits per heavy atom. The molecule has 0 saturated heterocycles. The number of amides is 1. The molecule has 1 aromatic rings. The largest absolute Gasteiger partial charge is 0.342 e. The zero-order chi connectivity index (χ0) is 14.0. The quantitative estimate of drug-likeness (QED) is 0.823. The van der Waals surface area contributed by atoms with Gasteiger partial charge in [0.25, 0.3) is 5.91 Å². The lowest BCUT2D eigenvalue weighted by molar-refractivity contribution is -0.131. The summed E-state index contributed by atoms with van der Waals surface area (Å²) in [5.74, 6) is -3.58. The highest BCUT2D eigenvalue weighted by atomic mass is 19.1. The van der Waals surface area contributed by atoms with Crippen LogP contribution in [0.2, 0.25) is 0 Å². The molecule has 1 aromatic carbocycles. The Bertz CT molecular complexity index is 537. The first kappa shape index (κ1) is 13.3. The Balaban J connectivity index is 2.13. The number of Topliss-reactive ketones (excluding diaryl/α,β-unsaturated/α-hetero) is 2. The molecule has 0 bridgehead atoms. The Labute approximate surface area is 107 Å². The van der Waals surface area contributed by atoms with Crippen LogP contribution in [0, 0.1) is 11.6 Å². The third-order valence-electron chi connectivity index (χ3n) is 2.97. The van der Waals surface area contributed by atoms with E-state index in [0.717, 1.165) is 18.2 Å². The van der Waals surface area contributed by atoms with E-state index in [2.05, 4.69) is 5.32 Å². The van der Waals surface area contributed by atoms with E-state index < -0.39 is 34.9 Å². The van der Waals surface area contributed by atoms with Crippen LogP contribution in [0.15, 0.2) is 18.2 Å². The molecule has 100 valence electrons. The second-order valence-electron chi connectivity index (χ2n) is 4.34. The van der Waals surface area contributed by atoms with Gasteiger partial charge in [-0.25, -0.2) is 8.78 Å². The van der Waals surface area contributed by atoms with E-state index in [-0.39, 0.29) is 25.0 Å². The molecule has 0 aliphatic heterocycles. The van der Waals surface area contributed by atoms with Gasteiger partial charge in [-0.15, -0.1) is 0 Å². The van der Waals surface area contributed by atoms with Gasteiger partial charge < -0.3 is 5.32 Å². The van der Waals surface area contributed by atoms with E-state index >= 15 is 0 Å². The van der Waals surface area contributed by atoms with E-state index in [0.29, 0.717) is 0 Å². The van der Waals surface area contributed by atoms with Crippen molar-refractivity contribution in [2.45, 2.75) is 25.3 Å². The van der Waals surface area contributed by atoms with Crippen molar-refractivity contribution in [3.05, 3.63) is 35.4 Å². The molecular formula is C13H11F2NO3. The molecule has 0 heterocycles. The van der Waals surface area contributed by atoms with Crippen LogP contribution in [0.5, 0.6) is 0 Å². The second kappa shape index (κ2) is 5.26. The molecule has 6 heteroatoms. The molecule has 0 radical (unpaired) electrons. The number of ketones is 2. The van der Waals surface area contributed by atoms with Gasteiger partial charge in [-0.3, -0.25) is 14.4 Å². The van der Waals surface area contributed by atoms with Crippen molar-refractivity contribution in [1.82, 2.24) is 5.32 Å². The lowest BCUT2D eigenvalue weighted by atomic mass is 9.93. The number of carbonyl (C=O) groups excluding carboxylic acids is 3. The fourth-order valence-corrected chi connectivity index (χ4v) is 1.97. The highest BCUT2D eigenvalue weighted by Crippen LogP contribution is 2.15. The molecule has 1 amide bonds. The fourth-order valence-electron chi connectivity index (χ4n) is 1.97. The van der Waals surface area contributed by atoms with Crippen molar-refractivity contribution in [3.8, 4) is 0 Å². The third-order valence-corrected chi connectivity index (χ3v) is 2.97. The zero-order valence-corrected chi connectivity index (χ0v) is 9.91. The zero-order valence-electron chi connectivity index (χ0n) is 9.91. The van der Waals surface area contributed by atoms with Gasteiger partial charge in [-0.1, -0.05) is 6.07 Å². The first-order valence-electron chi connectivity index (χ1n) is 5.78. The standard InChI is InChI=1S/C13H11F2NO3/c14-8-2-1-3-9(15)12(8)13(19)16-10-5-4-7(17)6-11(10)18/h1-3,10H,4-6H2,(H,16,19). The average molecular weight is 267 g/mol. The van der Waals surface area contributed by atoms with Crippen LogP contribution in [0.3, 0.4) is 0 Å². The highest BCUT2D eigenvalue weighted by Gasteiger charge is 2.29. The first-order chi connectivity index (χ1) is 8.99. The minimum Gasteiger partial charge on any atom is -0.342 e. The Morgan fingerprint density at radius 1 is 1.21 bits per heavy atom. The van der Waals surface area contributed by atoms with Crippen molar-refractivity contribution in [3.63, 3.8) is 0 Å². The van der Waals surface area contributed by atoms with E-state index in [1.165, 1.54) is 0 Å². The van der Waals surface area contributed by atoms with Gasteiger partial charge in [-0.05, 0) is 18.6 Å². The second-order valence-corrected chi connectivity index (χ2v) is 4.34. The molecule has 1 aliphatic rings. The molecule has 4 nitrogen and oxygen atoms in total. The number of benzene rings is 1. The molecule has 0 aromatic heterocycles. The van der Waals surface area contributed by atoms with E-state index in [1.807, 2.05) is 0 Å². The van der Waals surface area contributed by atoms with Crippen molar-refractivity contribution < 1.29 is 23.2 Å². The summed E-state index contributed by atoms with van der Waals surface area (Å²) in [5.41, 5.74) is -0.716. The number of rotatable bonds is 2. The maximum atomic E-state index is 13.4. The molecule has 1 fully saturated rings. The van der Waals surface area contributed by atoms with Crippen molar-refractivity contribution in [1.29, 1.82) is 0 Å². The van der Waals surface area contributed by atoms with Crippen LogP contribution in [0.25, 0.3) is 0 Å². The van der Waals surface area contributed by atoms with E-state index in [1.54, 1.807) is 0 Å². The summed E-state index contributed by atoms with van der Waals surface area (Å²) in [4.78, 5) is 34.3. The van der Waals surface area contributed by atoms with Crippen molar-refractivity contribution in [2.75, 3.05) is 0 Å². The van der Waals surface area contributed by atoms with Crippen LogP contribution in [0.1, 0.15) is 29.6 Å². The summed E-state index contributed by atoms with van der Waals surface area (Å²) in [6.07, 6.45) is 0.0978. The van der Waals surface area contributed by atoms with Crippen LogP contribution in [-0.2, 0) is 9.59 Å². The van der Waals surface area contributed by atoms with Gasteiger partial charge in [0, 0.05) is 6.42 Å². The summed E-state index contributed by atoms with van der Waals surface area (Å²) in [6.45, 7) is 0. The molecule has 1 atom stereocenters. The maximum Gasteiger partial charge on any atom is 0.257 e. The van der Waals surface area contributed by atoms with Crippen LogP contribution in [0.4, 0.5) is 8.78 Å². The highest BCUT2D eigenvalue weighted by molar-refractivity contribution is 6.06. The SMILES string of the molecule is O=C1CCC(NC(=O)c2c(F)cccc2F)C(=O)C1. The molecule has 1 aliphatic carbocycles. The minimum absolute atomic E-state index is 0.166.